The lowest BCUT2D eigenvalue weighted by atomic mass is 10.00. The standard InChI is InChI=1S/C16H24N2O4S/c1-23(20,21)9-8-22-14-6-3-5-13(11-14)18-16(19)10-12-4-2-7-15(12)17/h3,5-6,11-12,15H,2,4,7-10,17H2,1H3,(H,18,19)/t12-,15+/m0/s1. The summed E-state index contributed by atoms with van der Waals surface area (Å²) in [6, 6.07) is 7.06. The number of carbonyl (C=O) groups excluding carboxylic acids is 1. The van der Waals surface area contributed by atoms with Gasteiger partial charge in [0.15, 0.2) is 9.84 Å². The summed E-state index contributed by atoms with van der Waals surface area (Å²) < 4.78 is 27.6. The molecule has 23 heavy (non-hydrogen) atoms. The Morgan fingerprint density at radius 1 is 1.39 bits per heavy atom. The summed E-state index contributed by atoms with van der Waals surface area (Å²) in [7, 11) is -3.05. The quantitative estimate of drug-likeness (QED) is 0.785. The molecule has 7 heteroatoms. The van der Waals surface area contributed by atoms with Crippen LogP contribution in [0, 0.1) is 5.92 Å². The fourth-order valence-electron chi connectivity index (χ4n) is 2.74. The van der Waals surface area contributed by atoms with Gasteiger partial charge in [-0.25, -0.2) is 8.42 Å². The van der Waals surface area contributed by atoms with Crippen molar-refractivity contribution in [3.05, 3.63) is 24.3 Å². The van der Waals surface area contributed by atoms with Gasteiger partial charge < -0.3 is 15.8 Å². The fraction of sp³-hybridized carbons (Fsp3) is 0.562. The molecule has 1 amide bonds. The number of benzene rings is 1. The minimum atomic E-state index is -3.05. The number of amides is 1. The van der Waals surface area contributed by atoms with Gasteiger partial charge in [0, 0.05) is 30.5 Å². The molecular weight excluding hydrogens is 316 g/mol. The van der Waals surface area contributed by atoms with Gasteiger partial charge in [0.05, 0.1) is 5.75 Å². The largest absolute Gasteiger partial charge is 0.492 e. The summed E-state index contributed by atoms with van der Waals surface area (Å²) >= 11 is 0. The van der Waals surface area contributed by atoms with E-state index in [9.17, 15) is 13.2 Å². The Labute approximate surface area is 137 Å². The first-order valence-corrected chi connectivity index (χ1v) is 9.85. The van der Waals surface area contributed by atoms with E-state index in [-0.39, 0.29) is 30.2 Å². The molecule has 6 nitrogen and oxygen atoms in total. The van der Waals surface area contributed by atoms with Crippen LogP contribution >= 0.6 is 0 Å². The first-order chi connectivity index (χ1) is 10.8. The molecule has 1 aromatic carbocycles. The van der Waals surface area contributed by atoms with Crippen LogP contribution in [0.2, 0.25) is 0 Å². The third-order valence-electron chi connectivity index (χ3n) is 4.01. The summed E-state index contributed by atoms with van der Waals surface area (Å²) in [5.74, 6) is 0.692. The molecule has 128 valence electrons. The average molecular weight is 340 g/mol. The van der Waals surface area contributed by atoms with Gasteiger partial charge >= 0.3 is 0 Å². The highest BCUT2D eigenvalue weighted by molar-refractivity contribution is 7.90. The Morgan fingerprint density at radius 2 is 2.17 bits per heavy atom. The van der Waals surface area contributed by atoms with Crippen molar-refractivity contribution in [3.8, 4) is 5.75 Å². The summed E-state index contributed by atoms with van der Waals surface area (Å²) in [5.41, 5.74) is 6.62. The van der Waals surface area contributed by atoms with E-state index in [1.165, 1.54) is 6.26 Å². The Hall–Kier alpha value is -1.60. The number of carbonyl (C=O) groups is 1. The predicted octanol–water partition coefficient (Wildman–Crippen LogP) is 1.57. The molecule has 0 aromatic heterocycles. The summed E-state index contributed by atoms with van der Waals surface area (Å²) in [4.78, 5) is 12.1. The van der Waals surface area contributed by atoms with E-state index in [2.05, 4.69) is 5.32 Å². The van der Waals surface area contributed by atoms with Crippen LogP contribution in [0.15, 0.2) is 24.3 Å². The zero-order chi connectivity index (χ0) is 16.9. The lowest BCUT2D eigenvalue weighted by Gasteiger charge is -2.15. The normalized spacial score (nSPS) is 21.1. The molecule has 0 radical (unpaired) electrons. The third kappa shape index (κ3) is 6.19. The van der Waals surface area contributed by atoms with E-state index in [4.69, 9.17) is 10.5 Å². The molecule has 0 saturated heterocycles. The number of nitrogens with two attached hydrogens (primary N) is 1. The second-order valence-corrected chi connectivity index (χ2v) is 8.37. The summed E-state index contributed by atoms with van der Waals surface area (Å²) in [6.07, 6.45) is 4.68. The number of sulfone groups is 1. The molecule has 0 bridgehead atoms. The van der Waals surface area contributed by atoms with Crippen LogP contribution in [-0.2, 0) is 14.6 Å². The van der Waals surface area contributed by atoms with E-state index in [0.29, 0.717) is 17.9 Å². The Balaban J connectivity index is 1.85. The lowest BCUT2D eigenvalue weighted by Crippen LogP contribution is -2.28. The second-order valence-electron chi connectivity index (χ2n) is 6.11. The second kappa shape index (κ2) is 7.79. The fourth-order valence-corrected chi connectivity index (χ4v) is 3.13. The number of anilines is 1. The molecule has 1 aromatic rings. The minimum absolute atomic E-state index is 0.0385. The van der Waals surface area contributed by atoms with Gasteiger partial charge in [0.25, 0.3) is 0 Å². The van der Waals surface area contributed by atoms with Crippen molar-refractivity contribution in [2.75, 3.05) is 23.9 Å². The van der Waals surface area contributed by atoms with Crippen molar-refractivity contribution in [1.82, 2.24) is 0 Å². The van der Waals surface area contributed by atoms with Crippen LogP contribution in [0.4, 0.5) is 5.69 Å². The molecule has 1 aliphatic rings. The summed E-state index contributed by atoms with van der Waals surface area (Å²) in [5, 5.41) is 2.84. The van der Waals surface area contributed by atoms with Crippen LogP contribution in [0.3, 0.4) is 0 Å². The smallest absolute Gasteiger partial charge is 0.224 e. The van der Waals surface area contributed by atoms with Crippen molar-refractivity contribution >= 4 is 21.4 Å². The number of hydrogen-bond donors (Lipinski definition) is 2. The maximum atomic E-state index is 12.1. The molecule has 0 heterocycles. The van der Waals surface area contributed by atoms with Crippen LogP contribution < -0.4 is 15.8 Å². The minimum Gasteiger partial charge on any atom is -0.492 e. The number of ether oxygens (including phenoxy) is 1. The van der Waals surface area contributed by atoms with Crippen molar-refractivity contribution in [2.45, 2.75) is 31.7 Å². The van der Waals surface area contributed by atoms with Crippen LogP contribution in [0.25, 0.3) is 0 Å². The third-order valence-corrected chi connectivity index (χ3v) is 4.91. The zero-order valence-corrected chi connectivity index (χ0v) is 14.1. The first-order valence-electron chi connectivity index (χ1n) is 7.79. The monoisotopic (exact) mass is 340 g/mol. The van der Waals surface area contributed by atoms with E-state index in [1.54, 1.807) is 24.3 Å². The summed E-state index contributed by atoms with van der Waals surface area (Å²) in [6.45, 7) is 0.0904. The number of rotatable bonds is 7. The molecule has 2 atom stereocenters. The topological polar surface area (TPSA) is 98.5 Å². The molecule has 1 saturated carbocycles. The maximum Gasteiger partial charge on any atom is 0.224 e. The number of hydrogen-bond acceptors (Lipinski definition) is 5. The van der Waals surface area contributed by atoms with Gasteiger partial charge in [0.1, 0.15) is 12.4 Å². The van der Waals surface area contributed by atoms with Gasteiger partial charge in [-0.15, -0.1) is 0 Å². The molecule has 0 unspecified atom stereocenters. The van der Waals surface area contributed by atoms with Crippen molar-refractivity contribution in [2.24, 2.45) is 11.7 Å². The van der Waals surface area contributed by atoms with Gasteiger partial charge in [-0.2, -0.15) is 0 Å². The highest BCUT2D eigenvalue weighted by Crippen LogP contribution is 2.27. The van der Waals surface area contributed by atoms with Gasteiger partial charge in [-0.05, 0) is 30.9 Å². The molecule has 3 N–H and O–H groups in total. The first kappa shape index (κ1) is 17.7. The van der Waals surface area contributed by atoms with Crippen LogP contribution in [0.1, 0.15) is 25.7 Å². The molecule has 2 rings (SSSR count). The SMILES string of the molecule is CS(=O)(=O)CCOc1cccc(NC(=O)C[C@@H]2CCC[C@H]2N)c1. The van der Waals surface area contributed by atoms with Crippen LogP contribution in [-0.4, -0.2) is 39.0 Å². The van der Waals surface area contributed by atoms with Gasteiger partial charge in [0.2, 0.25) is 5.91 Å². The lowest BCUT2D eigenvalue weighted by molar-refractivity contribution is -0.117. The van der Waals surface area contributed by atoms with E-state index in [1.807, 2.05) is 0 Å². The van der Waals surface area contributed by atoms with Crippen molar-refractivity contribution in [1.29, 1.82) is 0 Å². The molecule has 0 aliphatic heterocycles. The highest BCUT2D eigenvalue weighted by Gasteiger charge is 2.26. The average Bonchev–Trinajstić information content (AvgIpc) is 2.83. The maximum absolute atomic E-state index is 12.1. The molecular formula is C16H24N2O4S. The predicted molar refractivity (Wildman–Crippen MR) is 90.2 cm³/mol. The van der Waals surface area contributed by atoms with Crippen molar-refractivity contribution in [3.63, 3.8) is 0 Å². The Bertz CT molecular complexity index is 645. The van der Waals surface area contributed by atoms with Crippen LogP contribution in [0.5, 0.6) is 5.75 Å². The highest BCUT2D eigenvalue weighted by atomic mass is 32.2. The van der Waals surface area contributed by atoms with Gasteiger partial charge in [-0.1, -0.05) is 12.5 Å². The van der Waals surface area contributed by atoms with E-state index >= 15 is 0 Å². The van der Waals surface area contributed by atoms with Crippen molar-refractivity contribution < 1.29 is 17.9 Å². The van der Waals surface area contributed by atoms with Gasteiger partial charge in [-0.3, -0.25) is 4.79 Å². The Kier molecular flexibility index (Phi) is 6.01. The molecule has 1 fully saturated rings. The zero-order valence-electron chi connectivity index (χ0n) is 13.3. The van der Waals surface area contributed by atoms with E-state index in [0.717, 1.165) is 19.3 Å². The van der Waals surface area contributed by atoms with E-state index < -0.39 is 9.84 Å². The molecule has 0 spiro atoms. The number of nitrogens with one attached hydrogen (secondary N) is 1. The Morgan fingerprint density at radius 3 is 2.83 bits per heavy atom. The molecule has 1 aliphatic carbocycles.